The number of halogens is 1. The summed E-state index contributed by atoms with van der Waals surface area (Å²) in [6.07, 6.45) is 6.12. The second-order valence-corrected chi connectivity index (χ2v) is 10.5. The molecular weight excluding hydrogens is 453 g/mol. The fourth-order valence-corrected chi connectivity index (χ4v) is 6.24. The standard InChI is InChI=1S/C25H28FN5O2S/c26-22-14-19(15-27)2-3-20(22)17-29-10-7-25(8-11-29)6-1-9-30(18-25)34-21-4-5-23(28-16-21)31-12-13-33-24(31)32/h2-5,14,16H,1,6-13,17-18H2. The van der Waals surface area contributed by atoms with E-state index in [0.29, 0.717) is 42.1 Å². The highest BCUT2D eigenvalue weighted by atomic mass is 32.2. The van der Waals surface area contributed by atoms with E-state index in [9.17, 15) is 9.18 Å². The summed E-state index contributed by atoms with van der Waals surface area (Å²) in [7, 11) is 0. The first-order valence-corrected chi connectivity index (χ1v) is 12.6. The fourth-order valence-electron chi connectivity index (χ4n) is 5.16. The first kappa shape index (κ1) is 23.1. The van der Waals surface area contributed by atoms with Crippen LogP contribution in [-0.4, -0.2) is 59.6 Å². The number of ether oxygens (including phenoxy) is 1. The van der Waals surface area contributed by atoms with Crippen molar-refractivity contribution in [3.63, 3.8) is 0 Å². The van der Waals surface area contributed by atoms with Crippen LogP contribution in [0.4, 0.5) is 15.0 Å². The van der Waals surface area contributed by atoms with E-state index >= 15 is 0 Å². The van der Waals surface area contributed by atoms with Crippen LogP contribution in [0.25, 0.3) is 0 Å². The molecule has 1 spiro atoms. The van der Waals surface area contributed by atoms with E-state index in [4.69, 9.17) is 10.00 Å². The number of pyridine rings is 1. The summed E-state index contributed by atoms with van der Waals surface area (Å²) in [6, 6.07) is 10.7. The van der Waals surface area contributed by atoms with Crippen LogP contribution in [0.3, 0.4) is 0 Å². The van der Waals surface area contributed by atoms with Crippen molar-refractivity contribution in [1.82, 2.24) is 14.2 Å². The SMILES string of the molecule is N#Cc1ccc(CN2CCC3(CCCN(Sc4ccc(N5CCOC5=O)nc4)C3)CC2)c(F)c1. The minimum absolute atomic E-state index is 0.291. The Hall–Kier alpha value is -2.67. The van der Waals surface area contributed by atoms with Crippen LogP contribution < -0.4 is 4.90 Å². The number of carbonyl (C=O) groups excluding carboxylic acids is 1. The molecule has 0 N–H and O–H groups in total. The number of piperidine rings is 2. The minimum Gasteiger partial charge on any atom is -0.447 e. The van der Waals surface area contributed by atoms with Gasteiger partial charge in [0.15, 0.2) is 0 Å². The Balaban J connectivity index is 1.15. The molecule has 2 aromatic rings. The minimum atomic E-state index is -0.334. The van der Waals surface area contributed by atoms with E-state index in [1.54, 1.807) is 29.0 Å². The second kappa shape index (κ2) is 9.90. The van der Waals surface area contributed by atoms with Gasteiger partial charge in [-0.2, -0.15) is 5.26 Å². The molecule has 1 aromatic heterocycles. The molecular formula is C25H28FN5O2S. The van der Waals surface area contributed by atoms with E-state index in [2.05, 4.69) is 14.2 Å². The smallest absolute Gasteiger partial charge is 0.415 e. The van der Waals surface area contributed by atoms with Crippen molar-refractivity contribution in [2.45, 2.75) is 37.1 Å². The molecule has 1 aromatic carbocycles. The van der Waals surface area contributed by atoms with Gasteiger partial charge in [0.1, 0.15) is 18.2 Å². The summed E-state index contributed by atoms with van der Waals surface area (Å²) in [5.41, 5.74) is 1.33. The Kier molecular flexibility index (Phi) is 6.73. The van der Waals surface area contributed by atoms with Crippen LogP contribution in [0.15, 0.2) is 41.4 Å². The Morgan fingerprint density at radius 2 is 2.00 bits per heavy atom. The highest BCUT2D eigenvalue weighted by Gasteiger charge is 2.38. The van der Waals surface area contributed by atoms with Gasteiger partial charge in [0.25, 0.3) is 0 Å². The molecule has 178 valence electrons. The molecule has 0 unspecified atom stereocenters. The molecule has 3 aliphatic rings. The van der Waals surface area contributed by atoms with Crippen LogP contribution in [0.1, 0.15) is 36.8 Å². The zero-order valence-electron chi connectivity index (χ0n) is 19.1. The lowest BCUT2D eigenvalue weighted by Gasteiger charge is -2.47. The van der Waals surface area contributed by atoms with E-state index in [0.717, 1.165) is 43.9 Å². The number of aromatic nitrogens is 1. The van der Waals surface area contributed by atoms with Gasteiger partial charge in [0, 0.05) is 36.3 Å². The number of hydrogen-bond acceptors (Lipinski definition) is 7. The van der Waals surface area contributed by atoms with Crippen molar-refractivity contribution in [3.05, 3.63) is 53.5 Å². The first-order chi connectivity index (χ1) is 16.5. The lowest BCUT2D eigenvalue weighted by Crippen LogP contribution is -2.47. The van der Waals surface area contributed by atoms with Gasteiger partial charge in [-0.15, -0.1) is 0 Å². The first-order valence-electron chi connectivity index (χ1n) is 11.8. The average Bonchev–Trinajstić information content (AvgIpc) is 3.28. The van der Waals surface area contributed by atoms with Gasteiger partial charge in [0.2, 0.25) is 0 Å². The average molecular weight is 482 g/mol. The van der Waals surface area contributed by atoms with E-state index in [-0.39, 0.29) is 11.9 Å². The third-order valence-corrected chi connectivity index (χ3v) is 8.13. The van der Waals surface area contributed by atoms with Crippen LogP contribution in [0.2, 0.25) is 0 Å². The Labute approximate surface area is 203 Å². The predicted octanol–water partition coefficient (Wildman–Crippen LogP) is 4.43. The predicted molar refractivity (Wildman–Crippen MR) is 128 cm³/mol. The molecule has 0 bridgehead atoms. The van der Waals surface area contributed by atoms with Crippen LogP contribution in [0, 0.1) is 22.6 Å². The van der Waals surface area contributed by atoms with Crippen molar-refractivity contribution in [2.24, 2.45) is 5.41 Å². The molecule has 3 saturated heterocycles. The van der Waals surface area contributed by atoms with E-state index in [1.807, 2.05) is 24.4 Å². The Morgan fingerprint density at radius 3 is 2.68 bits per heavy atom. The lowest BCUT2D eigenvalue weighted by molar-refractivity contribution is 0.0522. The number of likely N-dealkylation sites (tertiary alicyclic amines) is 1. The molecule has 34 heavy (non-hydrogen) atoms. The molecule has 4 heterocycles. The quantitative estimate of drug-likeness (QED) is 0.585. The summed E-state index contributed by atoms with van der Waals surface area (Å²) >= 11 is 1.74. The lowest BCUT2D eigenvalue weighted by atomic mass is 9.73. The van der Waals surface area contributed by atoms with E-state index in [1.165, 1.54) is 18.9 Å². The number of hydrogen-bond donors (Lipinski definition) is 0. The molecule has 5 rings (SSSR count). The molecule has 0 aliphatic carbocycles. The highest BCUT2D eigenvalue weighted by molar-refractivity contribution is 7.97. The van der Waals surface area contributed by atoms with Crippen molar-refractivity contribution >= 4 is 23.9 Å². The summed E-state index contributed by atoms with van der Waals surface area (Å²) in [6.45, 7) is 5.55. The number of anilines is 1. The number of rotatable bonds is 5. The third kappa shape index (κ3) is 5.04. The second-order valence-electron chi connectivity index (χ2n) is 9.37. The van der Waals surface area contributed by atoms with Crippen molar-refractivity contribution < 1.29 is 13.9 Å². The van der Waals surface area contributed by atoms with E-state index < -0.39 is 0 Å². The summed E-state index contributed by atoms with van der Waals surface area (Å²) in [5.74, 6) is 0.342. The van der Waals surface area contributed by atoms with Gasteiger partial charge in [0.05, 0.1) is 18.2 Å². The number of nitriles is 1. The topological polar surface area (TPSA) is 72.7 Å². The summed E-state index contributed by atoms with van der Waals surface area (Å²) in [4.78, 5) is 21.2. The molecule has 0 saturated carbocycles. The highest BCUT2D eigenvalue weighted by Crippen LogP contribution is 2.43. The molecule has 0 atom stereocenters. The molecule has 7 nitrogen and oxygen atoms in total. The summed E-state index contributed by atoms with van der Waals surface area (Å²) in [5, 5.41) is 8.94. The van der Waals surface area contributed by atoms with Gasteiger partial charge in [-0.1, -0.05) is 6.07 Å². The third-order valence-electron chi connectivity index (χ3n) is 7.11. The van der Waals surface area contributed by atoms with Crippen molar-refractivity contribution in [1.29, 1.82) is 5.26 Å². The van der Waals surface area contributed by atoms with Gasteiger partial charge in [-0.3, -0.25) is 9.80 Å². The van der Waals surface area contributed by atoms with Gasteiger partial charge in [-0.05, 0) is 80.4 Å². The number of nitrogens with zero attached hydrogens (tertiary/aromatic N) is 5. The Bertz CT molecular complexity index is 1080. The van der Waals surface area contributed by atoms with Crippen LogP contribution in [-0.2, 0) is 11.3 Å². The molecule has 3 aliphatic heterocycles. The number of cyclic esters (lactones) is 1. The summed E-state index contributed by atoms with van der Waals surface area (Å²) < 4.78 is 21.7. The normalized spacial score (nSPS) is 20.9. The maximum absolute atomic E-state index is 14.3. The molecule has 9 heteroatoms. The zero-order chi connectivity index (χ0) is 23.5. The fraction of sp³-hybridized carbons (Fsp3) is 0.480. The van der Waals surface area contributed by atoms with Crippen LogP contribution in [0.5, 0.6) is 0 Å². The van der Waals surface area contributed by atoms with Gasteiger partial charge in [-0.25, -0.2) is 18.5 Å². The largest absolute Gasteiger partial charge is 0.447 e. The zero-order valence-corrected chi connectivity index (χ0v) is 19.9. The number of amides is 1. The van der Waals surface area contributed by atoms with Gasteiger partial charge >= 0.3 is 6.09 Å². The Morgan fingerprint density at radius 1 is 1.15 bits per heavy atom. The molecule has 0 radical (unpaired) electrons. The molecule has 3 fully saturated rings. The van der Waals surface area contributed by atoms with Crippen molar-refractivity contribution in [3.8, 4) is 6.07 Å². The van der Waals surface area contributed by atoms with Crippen LogP contribution >= 0.6 is 11.9 Å². The van der Waals surface area contributed by atoms with Crippen molar-refractivity contribution in [2.75, 3.05) is 44.2 Å². The number of benzene rings is 1. The monoisotopic (exact) mass is 481 g/mol. The maximum Gasteiger partial charge on any atom is 0.415 e. The van der Waals surface area contributed by atoms with Gasteiger partial charge < -0.3 is 4.74 Å². The number of carbonyl (C=O) groups is 1. The molecule has 1 amide bonds. The maximum atomic E-state index is 14.3.